The molecule has 9 nitrogen and oxygen atoms in total. The van der Waals surface area contributed by atoms with Crippen molar-refractivity contribution in [3.8, 4) is 0 Å². The van der Waals surface area contributed by atoms with Crippen LogP contribution in [0.4, 0.5) is 0 Å². The van der Waals surface area contributed by atoms with E-state index in [1.165, 1.54) is 4.90 Å². The second-order valence-corrected chi connectivity index (χ2v) is 9.42. The van der Waals surface area contributed by atoms with E-state index in [2.05, 4.69) is 10.6 Å². The minimum Gasteiger partial charge on any atom is -0.480 e. The molecule has 0 aromatic heterocycles. The van der Waals surface area contributed by atoms with Crippen LogP contribution in [0.1, 0.15) is 52.5 Å². The Morgan fingerprint density at radius 2 is 1.76 bits per heavy atom. The number of benzene rings is 1. The largest absolute Gasteiger partial charge is 0.480 e. The summed E-state index contributed by atoms with van der Waals surface area (Å²) in [5, 5.41) is 14.9. The fourth-order valence-electron chi connectivity index (χ4n) is 4.06. The van der Waals surface area contributed by atoms with Crippen molar-refractivity contribution in [3.63, 3.8) is 0 Å². The molecule has 1 aromatic rings. The fraction of sp³-hybridized carbons (Fsp3) is 0.600. The molecule has 9 heteroatoms. The highest BCUT2D eigenvalue weighted by Crippen LogP contribution is 2.21. The van der Waals surface area contributed by atoms with Crippen molar-refractivity contribution >= 4 is 23.7 Å². The first kappa shape index (κ1) is 27.3. The molecule has 1 saturated heterocycles. The van der Waals surface area contributed by atoms with Gasteiger partial charge in [-0.2, -0.15) is 0 Å². The average molecular weight is 475 g/mol. The highest BCUT2D eigenvalue weighted by atomic mass is 16.4. The van der Waals surface area contributed by atoms with Crippen molar-refractivity contribution in [3.05, 3.63) is 35.9 Å². The number of aliphatic carboxylic acids is 1. The summed E-state index contributed by atoms with van der Waals surface area (Å²) in [6, 6.07) is 5.83. The fourth-order valence-corrected chi connectivity index (χ4v) is 4.06. The normalized spacial score (nSPS) is 19.2. The Kier molecular flexibility index (Phi) is 10.0. The van der Waals surface area contributed by atoms with Crippen LogP contribution in [-0.2, 0) is 25.6 Å². The summed E-state index contributed by atoms with van der Waals surface area (Å²) in [5.74, 6) is -2.74. The highest BCUT2D eigenvalue weighted by molar-refractivity contribution is 5.94. The van der Waals surface area contributed by atoms with Gasteiger partial charge in [-0.25, -0.2) is 4.79 Å². The maximum absolute atomic E-state index is 13.6. The molecule has 3 amide bonds. The number of nitrogens with one attached hydrogen (secondary N) is 2. The molecule has 0 radical (unpaired) electrons. The quantitative estimate of drug-likeness (QED) is 0.381. The third kappa shape index (κ3) is 7.03. The van der Waals surface area contributed by atoms with Crippen LogP contribution in [0.5, 0.6) is 0 Å². The number of carbonyl (C=O) groups is 4. The number of carboxylic acid groups (broad SMARTS) is 1. The maximum Gasteiger partial charge on any atom is 0.326 e. The zero-order valence-corrected chi connectivity index (χ0v) is 20.5. The molecular formula is C25H38N4O5. The molecule has 1 aliphatic heterocycles. The second kappa shape index (κ2) is 12.5. The molecule has 1 fully saturated rings. The van der Waals surface area contributed by atoms with Crippen LogP contribution < -0.4 is 16.4 Å². The Balaban J connectivity index is 2.23. The summed E-state index contributed by atoms with van der Waals surface area (Å²) in [6.07, 6.45) is 1.89. The number of carbonyl (C=O) groups excluding carboxylic acids is 3. The van der Waals surface area contributed by atoms with Gasteiger partial charge in [0.25, 0.3) is 0 Å². The standard InChI is InChI=1S/C25H38N4O5/c1-5-16(4)21(25(33)34)28-22(30)19-12-9-13-29(19)24(32)18(14-17-10-7-6-8-11-17)27-23(31)20(26)15(2)3/h6-8,10-11,15-16,18-21H,5,9,12-14,26H2,1-4H3,(H,27,31)(H,28,30)(H,33,34). The predicted molar refractivity (Wildman–Crippen MR) is 129 cm³/mol. The van der Waals surface area contributed by atoms with Gasteiger partial charge in [0.05, 0.1) is 6.04 Å². The number of hydrogen-bond donors (Lipinski definition) is 4. The van der Waals surface area contributed by atoms with Crippen molar-refractivity contribution in [2.45, 2.75) is 77.5 Å². The van der Waals surface area contributed by atoms with E-state index in [-0.39, 0.29) is 24.2 Å². The average Bonchev–Trinajstić information content (AvgIpc) is 3.30. The van der Waals surface area contributed by atoms with Crippen molar-refractivity contribution in [1.29, 1.82) is 0 Å². The first-order valence-corrected chi connectivity index (χ1v) is 12.0. The number of nitrogens with zero attached hydrogens (tertiary/aromatic N) is 1. The molecule has 5 N–H and O–H groups in total. The molecule has 5 unspecified atom stereocenters. The zero-order chi connectivity index (χ0) is 25.4. The minimum absolute atomic E-state index is 0.105. The van der Waals surface area contributed by atoms with Crippen LogP contribution in [-0.4, -0.2) is 64.4 Å². The second-order valence-electron chi connectivity index (χ2n) is 9.42. The van der Waals surface area contributed by atoms with E-state index >= 15 is 0 Å². The molecule has 5 atom stereocenters. The number of likely N-dealkylation sites (tertiary alicyclic amines) is 1. The van der Waals surface area contributed by atoms with Gasteiger partial charge in [0.15, 0.2) is 0 Å². The van der Waals surface area contributed by atoms with E-state index < -0.39 is 42.0 Å². The third-order valence-electron chi connectivity index (χ3n) is 6.53. The summed E-state index contributed by atoms with van der Waals surface area (Å²) >= 11 is 0. The number of nitrogens with two attached hydrogens (primary N) is 1. The zero-order valence-electron chi connectivity index (χ0n) is 20.5. The highest BCUT2D eigenvalue weighted by Gasteiger charge is 2.39. The molecule has 188 valence electrons. The topological polar surface area (TPSA) is 142 Å². The van der Waals surface area contributed by atoms with E-state index in [9.17, 15) is 24.3 Å². The maximum atomic E-state index is 13.6. The number of hydrogen-bond acceptors (Lipinski definition) is 5. The first-order valence-electron chi connectivity index (χ1n) is 12.0. The summed E-state index contributed by atoms with van der Waals surface area (Å²) in [5.41, 5.74) is 6.86. The van der Waals surface area contributed by atoms with Gasteiger partial charge in [-0.1, -0.05) is 64.4 Å². The van der Waals surface area contributed by atoms with E-state index in [0.29, 0.717) is 25.8 Å². The van der Waals surface area contributed by atoms with E-state index in [1.807, 2.05) is 51.1 Å². The Hall–Kier alpha value is -2.94. The van der Waals surface area contributed by atoms with Crippen molar-refractivity contribution in [1.82, 2.24) is 15.5 Å². The summed E-state index contributed by atoms with van der Waals surface area (Å²) in [4.78, 5) is 52.4. The molecule has 0 spiro atoms. The van der Waals surface area contributed by atoms with Crippen LogP contribution in [0.2, 0.25) is 0 Å². The number of amides is 3. The molecule has 2 rings (SSSR count). The number of carboxylic acids is 1. The van der Waals surface area contributed by atoms with Crippen molar-refractivity contribution in [2.24, 2.45) is 17.6 Å². The molecule has 1 aromatic carbocycles. The molecule has 0 saturated carbocycles. The van der Waals surface area contributed by atoms with Gasteiger partial charge in [0, 0.05) is 13.0 Å². The van der Waals surface area contributed by atoms with Gasteiger partial charge in [-0.05, 0) is 30.2 Å². The van der Waals surface area contributed by atoms with E-state index in [0.717, 1.165) is 5.56 Å². The molecule has 34 heavy (non-hydrogen) atoms. The third-order valence-corrected chi connectivity index (χ3v) is 6.53. The molecule has 1 heterocycles. The van der Waals surface area contributed by atoms with Crippen LogP contribution in [0, 0.1) is 11.8 Å². The lowest BCUT2D eigenvalue weighted by Crippen LogP contribution is -2.58. The van der Waals surface area contributed by atoms with E-state index in [1.54, 1.807) is 6.92 Å². The van der Waals surface area contributed by atoms with E-state index in [4.69, 9.17) is 5.73 Å². The monoisotopic (exact) mass is 474 g/mol. The van der Waals surface area contributed by atoms with Crippen LogP contribution in [0.3, 0.4) is 0 Å². The SMILES string of the molecule is CCC(C)C(NC(=O)C1CCCN1C(=O)C(Cc1ccccc1)NC(=O)C(N)C(C)C)C(=O)O. The van der Waals surface area contributed by atoms with Crippen molar-refractivity contribution in [2.75, 3.05) is 6.54 Å². The van der Waals surface area contributed by atoms with Gasteiger partial charge in [0.2, 0.25) is 17.7 Å². The summed E-state index contributed by atoms with van der Waals surface area (Å²) < 4.78 is 0. The molecule has 0 aliphatic carbocycles. The summed E-state index contributed by atoms with van der Waals surface area (Å²) in [7, 11) is 0. The minimum atomic E-state index is -1.10. The van der Waals surface area contributed by atoms with Gasteiger partial charge in [-0.3, -0.25) is 14.4 Å². The van der Waals surface area contributed by atoms with Gasteiger partial charge in [-0.15, -0.1) is 0 Å². The van der Waals surface area contributed by atoms with Crippen molar-refractivity contribution < 1.29 is 24.3 Å². The van der Waals surface area contributed by atoms with Crippen LogP contribution in [0.25, 0.3) is 0 Å². The predicted octanol–water partition coefficient (Wildman–Crippen LogP) is 1.30. The molecule has 0 bridgehead atoms. The van der Waals surface area contributed by atoms with Gasteiger partial charge < -0.3 is 26.4 Å². The lowest BCUT2D eigenvalue weighted by molar-refractivity contribution is -0.146. The lowest BCUT2D eigenvalue weighted by atomic mass is 9.98. The Labute approximate surface area is 201 Å². The first-order chi connectivity index (χ1) is 16.1. The molecule has 1 aliphatic rings. The van der Waals surface area contributed by atoms with Gasteiger partial charge >= 0.3 is 5.97 Å². The number of rotatable bonds is 11. The Morgan fingerprint density at radius 3 is 2.32 bits per heavy atom. The van der Waals surface area contributed by atoms with Crippen LogP contribution >= 0.6 is 0 Å². The van der Waals surface area contributed by atoms with Gasteiger partial charge in [0.1, 0.15) is 18.1 Å². The smallest absolute Gasteiger partial charge is 0.326 e. The summed E-state index contributed by atoms with van der Waals surface area (Å²) in [6.45, 7) is 7.64. The van der Waals surface area contributed by atoms with Crippen LogP contribution in [0.15, 0.2) is 30.3 Å². The molecular weight excluding hydrogens is 436 g/mol. The lowest BCUT2D eigenvalue weighted by Gasteiger charge is -2.31. The Morgan fingerprint density at radius 1 is 1.12 bits per heavy atom. The Bertz CT molecular complexity index is 860.